The van der Waals surface area contributed by atoms with Gasteiger partial charge < -0.3 is 9.47 Å². The fourth-order valence-corrected chi connectivity index (χ4v) is 2.58. The third-order valence-electron chi connectivity index (χ3n) is 3.14. The molecule has 0 atom stereocenters. The average molecular weight is 337 g/mol. The van der Waals surface area contributed by atoms with E-state index in [1.807, 2.05) is 19.9 Å². The van der Waals surface area contributed by atoms with Crippen molar-refractivity contribution in [1.29, 1.82) is 0 Å². The maximum Gasteiger partial charge on any atom is 0.177 e. The summed E-state index contributed by atoms with van der Waals surface area (Å²) < 4.78 is 11.4. The van der Waals surface area contributed by atoms with Crippen LogP contribution in [-0.4, -0.2) is 12.1 Å². The summed E-state index contributed by atoms with van der Waals surface area (Å²) in [5.74, 6) is 1.95. The van der Waals surface area contributed by atoms with Crippen LogP contribution < -0.4 is 9.47 Å². The van der Waals surface area contributed by atoms with Crippen molar-refractivity contribution in [3.63, 3.8) is 0 Å². The number of rotatable bonds is 5. The molecule has 0 saturated carbocycles. The van der Waals surface area contributed by atoms with Gasteiger partial charge in [-0.05, 0) is 31.2 Å². The highest BCUT2D eigenvalue weighted by molar-refractivity contribution is 6.39. The zero-order valence-electron chi connectivity index (χ0n) is 12.6. The Morgan fingerprint density at radius 1 is 1.32 bits per heavy atom. The van der Waals surface area contributed by atoms with Gasteiger partial charge in [0, 0.05) is 29.9 Å². The summed E-state index contributed by atoms with van der Waals surface area (Å²) in [6.07, 6.45) is 5.74. The van der Waals surface area contributed by atoms with Crippen LogP contribution in [0, 0.1) is 6.07 Å². The molecule has 3 nitrogen and oxygen atoms in total. The van der Waals surface area contributed by atoms with Crippen LogP contribution in [0.5, 0.6) is 11.5 Å². The summed E-state index contributed by atoms with van der Waals surface area (Å²) in [5, 5.41) is 0.862. The Labute approximate surface area is 140 Å². The summed E-state index contributed by atoms with van der Waals surface area (Å²) >= 11 is 12.5. The molecule has 0 fully saturated rings. The lowest BCUT2D eigenvalue weighted by Gasteiger charge is -2.17. The number of pyridine rings is 1. The Kier molecular flexibility index (Phi) is 5.69. The minimum Gasteiger partial charge on any atom is -0.493 e. The molecule has 1 radical (unpaired) electrons. The number of hydrogen-bond donors (Lipinski definition) is 0. The molecular formula is C17H16Cl2NO2. The first kappa shape index (κ1) is 16.7. The lowest BCUT2D eigenvalue weighted by molar-refractivity contribution is 0.355. The van der Waals surface area contributed by atoms with Crippen LogP contribution in [0.1, 0.15) is 20.3 Å². The van der Waals surface area contributed by atoms with Crippen molar-refractivity contribution in [2.24, 2.45) is 0 Å². The van der Waals surface area contributed by atoms with Gasteiger partial charge in [0.25, 0.3) is 0 Å². The van der Waals surface area contributed by atoms with Crippen LogP contribution in [0.2, 0.25) is 10.0 Å². The quantitative estimate of drug-likeness (QED) is 0.670. The van der Waals surface area contributed by atoms with Crippen LogP contribution >= 0.6 is 23.2 Å². The first-order chi connectivity index (χ1) is 10.6. The van der Waals surface area contributed by atoms with Gasteiger partial charge >= 0.3 is 0 Å². The van der Waals surface area contributed by atoms with Crippen LogP contribution in [0.4, 0.5) is 0 Å². The number of aromatic nitrogens is 1. The highest BCUT2D eigenvalue weighted by Crippen LogP contribution is 2.44. The Balaban J connectivity index is 2.66. The number of halogens is 2. The van der Waals surface area contributed by atoms with Crippen molar-refractivity contribution in [3.05, 3.63) is 52.5 Å². The van der Waals surface area contributed by atoms with Gasteiger partial charge in [-0.15, -0.1) is 0 Å². The van der Waals surface area contributed by atoms with Crippen LogP contribution in [0.25, 0.3) is 11.1 Å². The van der Waals surface area contributed by atoms with Crippen molar-refractivity contribution in [2.45, 2.75) is 20.3 Å². The molecule has 0 N–H and O–H groups in total. The van der Waals surface area contributed by atoms with Crippen LogP contribution in [0.15, 0.2) is 36.4 Å². The molecule has 5 heteroatoms. The second kappa shape index (κ2) is 7.52. The number of methoxy groups -OCH3 is 1. The molecule has 0 aliphatic heterocycles. The van der Waals surface area contributed by atoms with Gasteiger partial charge in [-0.25, -0.2) is 0 Å². The van der Waals surface area contributed by atoms with Crippen molar-refractivity contribution >= 4 is 23.2 Å². The van der Waals surface area contributed by atoms with Crippen molar-refractivity contribution in [2.75, 3.05) is 7.11 Å². The fourth-order valence-electron chi connectivity index (χ4n) is 2.03. The summed E-state index contributed by atoms with van der Waals surface area (Å²) in [4.78, 5) is 3.97. The Morgan fingerprint density at radius 2 is 2.00 bits per heavy atom. The fraction of sp³-hybridized carbons (Fsp3) is 0.235. The smallest absolute Gasteiger partial charge is 0.177 e. The molecule has 2 rings (SSSR count). The van der Waals surface area contributed by atoms with Gasteiger partial charge in [0.15, 0.2) is 11.5 Å². The molecule has 1 aromatic heterocycles. The van der Waals surface area contributed by atoms with E-state index in [0.29, 0.717) is 32.7 Å². The van der Waals surface area contributed by atoms with E-state index >= 15 is 0 Å². The van der Waals surface area contributed by atoms with E-state index in [0.717, 1.165) is 12.2 Å². The van der Waals surface area contributed by atoms with E-state index in [1.54, 1.807) is 19.2 Å². The van der Waals surface area contributed by atoms with E-state index in [9.17, 15) is 0 Å². The number of ether oxygens (including phenoxy) is 2. The number of nitrogens with zero attached hydrogens (tertiary/aromatic N) is 1. The standard InChI is InChI=1S/C17H16Cl2NO2/c1-4-11(5-2)22-17-12(7-6-8-15(17)21-3)16-13(18)9-20-10-14(16)19/h4,6,8-10H,5H2,1-3H3. The second-order valence-corrected chi connectivity index (χ2v) is 5.25. The molecule has 1 heterocycles. The number of hydrogen-bond acceptors (Lipinski definition) is 3. The van der Waals surface area contributed by atoms with Crippen LogP contribution in [-0.2, 0) is 0 Å². The van der Waals surface area contributed by atoms with Gasteiger partial charge in [-0.1, -0.05) is 30.1 Å². The summed E-state index contributed by atoms with van der Waals surface area (Å²) in [7, 11) is 1.59. The second-order valence-electron chi connectivity index (χ2n) is 4.44. The zero-order chi connectivity index (χ0) is 16.1. The molecule has 0 bridgehead atoms. The van der Waals surface area contributed by atoms with Gasteiger partial charge in [-0.3, -0.25) is 4.98 Å². The number of allylic oxidation sites excluding steroid dienone is 2. The molecule has 0 aliphatic carbocycles. The molecule has 22 heavy (non-hydrogen) atoms. The van der Waals surface area contributed by atoms with Crippen LogP contribution in [0.3, 0.4) is 0 Å². The highest BCUT2D eigenvalue weighted by atomic mass is 35.5. The van der Waals surface area contributed by atoms with E-state index in [1.165, 1.54) is 12.4 Å². The monoisotopic (exact) mass is 336 g/mol. The minimum atomic E-state index is 0.431. The normalized spacial score (nSPS) is 11.4. The molecule has 2 aromatic rings. The van der Waals surface area contributed by atoms with E-state index < -0.39 is 0 Å². The average Bonchev–Trinajstić information content (AvgIpc) is 2.53. The molecule has 115 valence electrons. The molecule has 1 aromatic carbocycles. The predicted octanol–water partition coefficient (Wildman–Crippen LogP) is 5.56. The van der Waals surface area contributed by atoms with E-state index in [2.05, 4.69) is 11.1 Å². The number of benzene rings is 1. The van der Waals surface area contributed by atoms with Gasteiger partial charge in [0.2, 0.25) is 0 Å². The van der Waals surface area contributed by atoms with Gasteiger partial charge in [0.05, 0.1) is 22.9 Å². The Bertz CT molecular complexity index is 679. The van der Waals surface area contributed by atoms with Crippen molar-refractivity contribution in [1.82, 2.24) is 4.98 Å². The highest BCUT2D eigenvalue weighted by Gasteiger charge is 2.19. The Morgan fingerprint density at radius 3 is 2.55 bits per heavy atom. The molecule has 0 amide bonds. The lowest BCUT2D eigenvalue weighted by Crippen LogP contribution is -1.99. The first-order valence-corrected chi connectivity index (χ1v) is 7.59. The third kappa shape index (κ3) is 3.37. The molecule has 0 spiro atoms. The largest absolute Gasteiger partial charge is 0.493 e. The summed E-state index contributed by atoms with van der Waals surface area (Å²) in [6, 6.07) is 6.66. The third-order valence-corrected chi connectivity index (χ3v) is 3.71. The topological polar surface area (TPSA) is 31.4 Å². The van der Waals surface area contributed by atoms with Crippen molar-refractivity contribution < 1.29 is 9.47 Å². The Hall–Kier alpha value is -1.71. The van der Waals surface area contributed by atoms with Gasteiger partial charge in [0.1, 0.15) is 0 Å². The SMILES string of the molecule is CC=C(CC)Oc1c(-c2c(Cl)cncc2Cl)[c]ccc1OC. The predicted molar refractivity (Wildman–Crippen MR) is 89.8 cm³/mol. The minimum absolute atomic E-state index is 0.431. The lowest BCUT2D eigenvalue weighted by atomic mass is 10.1. The van der Waals surface area contributed by atoms with Crippen molar-refractivity contribution in [3.8, 4) is 22.6 Å². The summed E-state index contributed by atoms with van der Waals surface area (Å²) in [6.45, 7) is 3.94. The first-order valence-electron chi connectivity index (χ1n) is 6.83. The van der Waals surface area contributed by atoms with E-state index in [-0.39, 0.29) is 0 Å². The zero-order valence-corrected chi connectivity index (χ0v) is 14.1. The molecule has 0 unspecified atom stereocenters. The molecule has 0 aliphatic rings. The van der Waals surface area contributed by atoms with E-state index in [4.69, 9.17) is 32.7 Å². The maximum absolute atomic E-state index is 6.26. The summed E-state index contributed by atoms with van der Waals surface area (Å²) in [5.41, 5.74) is 1.27. The molecular weight excluding hydrogens is 321 g/mol. The molecule has 0 saturated heterocycles. The van der Waals surface area contributed by atoms with Gasteiger partial charge in [-0.2, -0.15) is 0 Å². The maximum atomic E-state index is 6.26.